The van der Waals surface area contributed by atoms with E-state index in [-0.39, 0.29) is 5.91 Å². The Kier molecular flexibility index (Phi) is 8.06. The molecule has 5 heteroatoms. The SMILES string of the molecule is CCCCCCCCNC(=O)c1ccc(Nc2nc(C)cc(C)n2)cc1. The summed E-state index contributed by atoms with van der Waals surface area (Å²) in [5.74, 6) is 0.551. The zero-order valence-electron chi connectivity index (χ0n) is 16.1. The van der Waals surface area contributed by atoms with Gasteiger partial charge in [-0.2, -0.15) is 0 Å². The second-order valence-electron chi connectivity index (χ2n) is 6.70. The van der Waals surface area contributed by atoms with E-state index in [2.05, 4.69) is 27.5 Å². The summed E-state index contributed by atoms with van der Waals surface area (Å²) in [6, 6.07) is 9.33. The van der Waals surface area contributed by atoms with Gasteiger partial charge >= 0.3 is 0 Å². The molecule has 0 aliphatic rings. The maximum atomic E-state index is 12.2. The molecular weight excluding hydrogens is 324 g/mol. The number of carbonyl (C=O) groups is 1. The van der Waals surface area contributed by atoms with E-state index < -0.39 is 0 Å². The highest BCUT2D eigenvalue weighted by molar-refractivity contribution is 5.94. The monoisotopic (exact) mass is 354 g/mol. The molecule has 140 valence electrons. The molecule has 5 nitrogen and oxygen atoms in total. The van der Waals surface area contributed by atoms with Crippen LogP contribution in [-0.2, 0) is 0 Å². The first-order valence-electron chi connectivity index (χ1n) is 9.56. The molecule has 0 fully saturated rings. The number of unbranched alkanes of at least 4 members (excludes halogenated alkanes) is 5. The fraction of sp³-hybridized carbons (Fsp3) is 0.476. The van der Waals surface area contributed by atoms with Crippen LogP contribution in [-0.4, -0.2) is 22.4 Å². The van der Waals surface area contributed by atoms with Crippen molar-refractivity contribution in [3.8, 4) is 0 Å². The van der Waals surface area contributed by atoms with E-state index in [1.165, 1.54) is 32.1 Å². The van der Waals surface area contributed by atoms with Gasteiger partial charge in [-0.3, -0.25) is 4.79 Å². The van der Waals surface area contributed by atoms with Crippen molar-refractivity contribution in [1.29, 1.82) is 0 Å². The van der Waals surface area contributed by atoms with Crippen LogP contribution in [0.5, 0.6) is 0 Å². The van der Waals surface area contributed by atoms with E-state index in [9.17, 15) is 4.79 Å². The van der Waals surface area contributed by atoms with E-state index >= 15 is 0 Å². The maximum absolute atomic E-state index is 12.2. The molecule has 0 spiro atoms. The van der Waals surface area contributed by atoms with Crippen LogP contribution in [0.15, 0.2) is 30.3 Å². The van der Waals surface area contributed by atoms with E-state index in [1.54, 1.807) is 0 Å². The van der Waals surface area contributed by atoms with Gasteiger partial charge in [0.25, 0.3) is 5.91 Å². The van der Waals surface area contributed by atoms with Crippen LogP contribution in [0.3, 0.4) is 0 Å². The van der Waals surface area contributed by atoms with Crippen molar-refractivity contribution in [2.75, 3.05) is 11.9 Å². The van der Waals surface area contributed by atoms with Crippen LogP contribution in [0, 0.1) is 13.8 Å². The van der Waals surface area contributed by atoms with E-state index in [0.29, 0.717) is 11.5 Å². The molecular formula is C21H30N4O. The van der Waals surface area contributed by atoms with Crippen molar-refractivity contribution >= 4 is 17.5 Å². The third kappa shape index (κ3) is 6.82. The molecule has 2 N–H and O–H groups in total. The molecule has 0 unspecified atom stereocenters. The first kappa shape index (κ1) is 19.9. The quantitative estimate of drug-likeness (QED) is 0.594. The van der Waals surface area contributed by atoms with Gasteiger partial charge in [0.05, 0.1) is 0 Å². The minimum absolute atomic E-state index is 0.0206. The largest absolute Gasteiger partial charge is 0.352 e. The lowest BCUT2D eigenvalue weighted by molar-refractivity contribution is 0.0953. The highest BCUT2D eigenvalue weighted by Gasteiger charge is 2.06. The Hall–Kier alpha value is -2.43. The van der Waals surface area contributed by atoms with Crippen molar-refractivity contribution in [2.45, 2.75) is 59.3 Å². The third-order valence-electron chi connectivity index (χ3n) is 4.20. The van der Waals surface area contributed by atoms with Crippen LogP contribution in [0.1, 0.15) is 67.2 Å². The van der Waals surface area contributed by atoms with Gasteiger partial charge in [0.2, 0.25) is 5.95 Å². The summed E-state index contributed by atoms with van der Waals surface area (Å²) in [5.41, 5.74) is 3.38. The van der Waals surface area contributed by atoms with E-state index in [1.807, 2.05) is 44.2 Å². The zero-order chi connectivity index (χ0) is 18.8. The van der Waals surface area contributed by atoms with E-state index in [0.717, 1.165) is 30.0 Å². The zero-order valence-corrected chi connectivity index (χ0v) is 16.1. The molecule has 0 saturated carbocycles. The van der Waals surface area contributed by atoms with Crippen molar-refractivity contribution in [1.82, 2.24) is 15.3 Å². The van der Waals surface area contributed by atoms with Gasteiger partial charge in [-0.15, -0.1) is 0 Å². The normalized spacial score (nSPS) is 10.6. The van der Waals surface area contributed by atoms with Crippen LogP contribution >= 0.6 is 0 Å². The second-order valence-corrected chi connectivity index (χ2v) is 6.70. The number of hydrogen-bond acceptors (Lipinski definition) is 4. The Morgan fingerprint density at radius 3 is 2.19 bits per heavy atom. The van der Waals surface area contributed by atoms with Crippen molar-refractivity contribution < 1.29 is 4.79 Å². The Bertz CT molecular complexity index is 677. The average molecular weight is 354 g/mol. The number of rotatable bonds is 10. The average Bonchev–Trinajstić information content (AvgIpc) is 2.60. The smallest absolute Gasteiger partial charge is 0.251 e. The predicted molar refractivity (Wildman–Crippen MR) is 107 cm³/mol. The summed E-state index contributed by atoms with van der Waals surface area (Å²) < 4.78 is 0. The van der Waals surface area contributed by atoms with Crippen LogP contribution < -0.4 is 10.6 Å². The summed E-state index contributed by atoms with van der Waals surface area (Å²) in [6.45, 7) is 6.84. The molecule has 26 heavy (non-hydrogen) atoms. The number of amides is 1. The third-order valence-corrected chi connectivity index (χ3v) is 4.20. The molecule has 1 aromatic carbocycles. The standard InChI is InChI=1S/C21H30N4O/c1-4-5-6-7-8-9-14-22-20(26)18-10-12-19(13-11-18)25-21-23-16(2)15-17(3)24-21/h10-13,15H,4-9,14H2,1-3H3,(H,22,26)(H,23,24,25). The van der Waals surface area contributed by atoms with Gasteiger partial charge in [0.1, 0.15) is 0 Å². The van der Waals surface area contributed by atoms with Crippen molar-refractivity contribution in [2.24, 2.45) is 0 Å². The molecule has 0 atom stereocenters. The minimum atomic E-state index is -0.0206. The predicted octanol–water partition coefficient (Wildman–Crippen LogP) is 4.93. The van der Waals surface area contributed by atoms with Gasteiger partial charge in [0, 0.05) is 29.2 Å². The highest BCUT2D eigenvalue weighted by atomic mass is 16.1. The Labute approximate surface area is 156 Å². The molecule has 1 aromatic heterocycles. The van der Waals surface area contributed by atoms with Gasteiger partial charge < -0.3 is 10.6 Å². The van der Waals surface area contributed by atoms with Crippen LogP contribution in [0.2, 0.25) is 0 Å². The summed E-state index contributed by atoms with van der Waals surface area (Å²) in [4.78, 5) is 20.9. The molecule has 0 aliphatic carbocycles. The second kappa shape index (κ2) is 10.5. The van der Waals surface area contributed by atoms with Gasteiger partial charge in [-0.25, -0.2) is 9.97 Å². The Morgan fingerprint density at radius 1 is 0.923 bits per heavy atom. The number of nitrogens with zero attached hydrogens (tertiary/aromatic N) is 2. The number of aryl methyl sites for hydroxylation is 2. The first-order chi connectivity index (χ1) is 12.6. The Balaban J connectivity index is 1.78. The lowest BCUT2D eigenvalue weighted by atomic mass is 10.1. The summed E-state index contributed by atoms with van der Waals surface area (Å²) in [5, 5.41) is 6.16. The van der Waals surface area contributed by atoms with Gasteiger partial charge in [-0.1, -0.05) is 39.0 Å². The van der Waals surface area contributed by atoms with Crippen LogP contribution in [0.25, 0.3) is 0 Å². The Morgan fingerprint density at radius 2 is 1.54 bits per heavy atom. The van der Waals surface area contributed by atoms with Gasteiger partial charge in [-0.05, 0) is 50.6 Å². The molecule has 0 bridgehead atoms. The molecule has 2 rings (SSSR count). The molecule has 1 amide bonds. The summed E-state index contributed by atoms with van der Waals surface area (Å²) in [6.07, 6.45) is 7.34. The molecule has 0 radical (unpaired) electrons. The lowest BCUT2D eigenvalue weighted by Gasteiger charge is -2.08. The number of benzene rings is 1. The number of carbonyl (C=O) groups excluding carboxylic acids is 1. The lowest BCUT2D eigenvalue weighted by Crippen LogP contribution is -2.24. The van der Waals surface area contributed by atoms with E-state index in [4.69, 9.17) is 0 Å². The number of nitrogens with one attached hydrogen (secondary N) is 2. The molecule has 1 heterocycles. The number of hydrogen-bond donors (Lipinski definition) is 2. The number of anilines is 2. The van der Waals surface area contributed by atoms with Crippen molar-refractivity contribution in [3.63, 3.8) is 0 Å². The van der Waals surface area contributed by atoms with Crippen LogP contribution in [0.4, 0.5) is 11.6 Å². The fourth-order valence-electron chi connectivity index (χ4n) is 2.83. The topological polar surface area (TPSA) is 66.9 Å². The molecule has 0 aliphatic heterocycles. The molecule has 2 aromatic rings. The van der Waals surface area contributed by atoms with Gasteiger partial charge in [0.15, 0.2) is 0 Å². The summed E-state index contributed by atoms with van der Waals surface area (Å²) in [7, 11) is 0. The highest BCUT2D eigenvalue weighted by Crippen LogP contribution is 2.15. The summed E-state index contributed by atoms with van der Waals surface area (Å²) >= 11 is 0. The minimum Gasteiger partial charge on any atom is -0.352 e. The molecule has 0 saturated heterocycles. The first-order valence-corrected chi connectivity index (χ1v) is 9.56. The fourth-order valence-corrected chi connectivity index (χ4v) is 2.83. The maximum Gasteiger partial charge on any atom is 0.251 e. The number of aromatic nitrogens is 2. The van der Waals surface area contributed by atoms with Crippen molar-refractivity contribution in [3.05, 3.63) is 47.3 Å².